The normalized spacial score (nSPS) is 13.6. The van der Waals surface area contributed by atoms with Gasteiger partial charge in [-0.3, -0.25) is 14.3 Å². The van der Waals surface area contributed by atoms with Crippen molar-refractivity contribution in [1.29, 1.82) is 0 Å². The lowest BCUT2D eigenvalue weighted by Crippen LogP contribution is -2.40. The van der Waals surface area contributed by atoms with Crippen LogP contribution in [0.15, 0.2) is 53.6 Å². The highest BCUT2D eigenvalue weighted by Gasteiger charge is 2.26. The van der Waals surface area contributed by atoms with Crippen molar-refractivity contribution in [3.63, 3.8) is 0 Å². The van der Waals surface area contributed by atoms with Gasteiger partial charge in [-0.2, -0.15) is 4.68 Å². The van der Waals surface area contributed by atoms with Gasteiger partial charge < -0.3 is 4.90 Å². The summed E-state index contributed by atoms with van der Waals surface area (Å²) < 4.78 is 15.9. The molecule has 0 unspecified atom stereocenters. The molecule has 1 aliphatic rings. The summed E-state index contributed by atoms with van der Waals surface area (Å²) in [5, 5.41) is 4.35. The van der Waals surface area contributed by atoms with Crippen LogP contribution in [0.25, 0.3) is 5.69 Å². The minimum absolute atomic E-state index is 0.211. The van der Waals surface area contributed by atoms with E-state index in [-0.39, 0.29) is 24.0 Å². The molecule has 1 aliphatic heterocycles. The van der Waals surface area contributed by atoms with Crippen LogP contribution in [0.2, 0.25) is 0 Å². The van der Waals surface area contributed by atoms with E-state index >= 15 is 0 Å². The Labute approximate surface area is 142 Å². The molecule has 3 heterocycles. The van der Waals surface area contributed by atoms with Crippen LogP contribution in [0, 0.1) is 5.82 Å². The lowest BCUT2D eigenvalue weighted by atomic mass is 10.2. The summed E-state index contributed by atoms with van der Waals surface area (Å²) in [7, 11) is 0. The molecule has 3 aromatic rings. The Hall–Kier alpha value is -3.29. The summed E-state index contributed by atoms with van der Waals surface area (Å²) in [5.74, 6) is -0.0826. The first kappa shape index (κ1) is 15.3. The third-order valence-corrected chi connectivity index (χ3v) is 4.15. The van der Waals surface area contributed by atoms with Crippen molar-refractivity contribution in [2.75, 3.05) is 6.54 Å². The van der Waals surface area contributed by atoms with Gasteiger partial charge in [0.05, 0.1) is 12.2 Å². The van der Waals surface area contributed by atoms with Crippen LogP contribution in [0.5, 0.6) is 0 Å². The van der Waals surface area contributed by atoms with Crippen molar-refractivity contribution in [2.45, 2.75) is 13.1 Å². The third kappa shape index (κ3) is 2.71. The third-order valence-electron chi connectivity index (χ3n) is 4.15. The van der Waals surface area contributed by atoms with Crippen molar-refractivity contribution in [1.82, 2.24) is 24.2 Å². The van der Waals surface area contributed by atoms with E-state index in [9.17, 15) is 14.0 Å². The van der Waals surface area contributed by atoms with E-state index in [0.717, 1.165) is 0 Å². The molecule has 7 nitrogen and oxygen atoms in total. The number of amides is 1. The summed E-state index contributed by atoms with van der Waals surface area (Å²) in [6, 6.07) is 8.81. The molecule has 0 spiro atoms. The van der Waals surface area contributed by atoms with Crippen LogP contribution in [0.4, 0.5) is 4.39 Å². The van der Waals surface area contributed by atoms with E-state index in [1.54, 1.807) is 34.0 Å². The predicted molar refractivity (Wildman–Crippen MR) is 86.8 cm³/mol. The molecular weight excluding hydrogens is 325 g/mol. The lowest BCUT2D eigenvalue weighted by molar-refractivity contribution is 0.0706. The molecule has 0 N–H and O–H groups in total. The van der Waals surface area contributed by atoms with E-state index in [1.165, 1.54) is 28.9 Å². The minimum Gasteiger partial charge on any atom is -0.329 e. The van der Waals surface area contributed by atoms with Gasteiger partial charge in [0, 0.05) is 31.0 Å². The first-order valence-corrected chi connectivity index (χ1v) is 7.77. The van der Waals surface area contributed by atoms with E-state index in [4.69, 9.17) is 0 Å². The van der Waals surface area contributed by atoms with Gasteiger partial charge in [0.1, 0.15) is 5.82 Å². The molecule has 0 saturated carbocycles. The Morgan fingerprint density at radius 2 is 1.76 bits per heavy atom. The average Bonchev–Trinajstić information content (AvgIpc) is 2.99. The second-order valence-corrected chi connectivity index (χ2v) is 5.70. The smallest absolute Gasteiger partial charge is 0.329 e. The lowest BCUT2D eigenvalue weighted by Gasteiger charge is -2.26. The highest BCUT2D eigenvalue weighted by molar-refractivity contribution is 5.94. The zero-order chi connectivity index (χ0) is 17.4. The number of aromatic nitrogens is 4. The largest absolute Gasteiger partial charge is 0.350 e. The van der Waals surface area contributed by atoms with Crippen LogP contribution in [-0.2, 0) is 13.1 Å². The first-order valence-electron chi connectivity index (χ1n) is 7.77. The number of carbonyl (C=O) groups excluding carboxylic acids is 1. The molecular formula is C17H14FN5O2. The number of fused-ring (bicyclic) bond motifs is 1. The topological polar surface area (TPSA) is 73.0 Å². The molecule has 0 atom stereocenters. The van der Waals surface area contributed by atoms with Gasteiger partial charge in [-0.15, -0.1) is 5.10 Å². The van der Waals surface area contributed by atoms with Gasteiger partial charge in [-0.25, -0.2) is 9.18 Å². The van der Waals surface area contributed by atoms with Gasteiger partial charge in [-0.1, -0.05) is 0 Å². The molecule has 0 fully saturated rings. The number of nitrogens with zero attached hydrogens (tertiary/aromatic N) is 5. The summed E-state index contributed by atoms with van der Waals surface area (Å²) in [6.45, 7) is 0.987. The van der Waals surface area contributed by atoms with Gasteiger partial charge in [-0.05, 0) is 36.4 Å². The zero-order valence-corrected chi connectivity index (χ0v) is 13.2. The van der Waals surface area contributed by atoms with Crippen molar-refractivity contribution in [3.8, 4) is 5.69 Å². The van der Waals surface area contributed by atoms with Crippen molar-refractivity contribution in [3.05, 3.63) is 76.5 Å². The van der Waals surface area contributed by atoms with Crippen LogP contribution in [0.3, 0.4) is 0 Å². The van der Waals surface area contributed by atoms with Crippen molar-refractivity contribution >= 4 is 5.91 Å². The molecule has 0 bridgehead atoms. The summed E-state index contributed by atoms with van der Waals surface area (Å²) in [4.78, 5) is 30.6. The summed E-state index contributed by atoms with van der Waals surface area (Å²) in [5.41, 5.74) is 0.791. The first-order chi connectivity index (χ1) is 12.1. The highest BCUT2D eigenvalue weighted by atomic mass is 19.1. The summed E-state index contributed by atoms with van der Waals surface area (Å²) >= 11 is 0. The Kier molecular flexibility index (Phi) is 3.64. The maximum atomic E-state index is 13.0. The number of hydrogen-bond acceptors (Lipinski definition) is 4. The van der Waals surface area contributed by atoms with Crippen LogP contribution in [-0.4, -0.2) is 36.7 Å². The van der Waals surface area contributed by atoms with Crippen LogP contribution >= 0.6 is 0 Å². The molecule has 0 radical (unpaired) electrons. The van der Waals surface area contributed by atoms with E-state index in [1.807, 2.05) is 0 Å². The van der Waals surface area contributed by atoms with E-state index < -0.39 is 0 Å². The minimum atomic E-state index is -0.389. The SMILES string of the molecule is O=C(c1ccc(F)cc1)N1CCn2c(nn(-c3ccncc3)c2=O)C1. The van der Waals surface area contributed by atoms with Crippen LogP contribution < -0.4 is 5.69 Å². The second kappa shape index (κ2) is 5.97. The Morgan fingerprint density at radius 3 is 2.48 bits per heavy atom. The average molecular weight is 339 g/mol. The standard InChI is InChI=1S/C17H14FN5O2/c18-13-3-1-12(2-4-13)16(24)21-9-10-22-15(11-21)20-23(17(22)25)14-5-7-19-8-6-14/h1-8H,9-11H2. The predicted octanol–water partition coefficient (Wildman–Crippen LogP) is 1.22. The number of pyridine rings is 1. The number of carbonyl (C=O) groups is 1. The molecule has 8 heteroatoms. The van der Waals surface area contributed by atoms with Crippen molar-refractivity contribution in [2.24, 2.45) is 0 Å². The fourth-order valence-corrected chi connectivity index (χ4v) is 2.85. The molecule has 0 aliphatic carbocycles. The molecule has 126 valence electrons. The van der Waals surface area contributed by atoms with Gasteiger partial charge in [0.2, 0.25) is 0 Å². The Morgan fingerprint density at radius 1 is 1.04 bits per heavy atom. The highest BCUT2D eigenvalue weighted by Crippen LogP contribution is 2.14. The maximum Gasteiger partial charge on any atom is 0.350 e. The van der Waals surface area contributed by atoms with Gasteiger partial charge >= 0.3 is 5.69 Å². The number of benzene rings is 1. The van der Waals surface area contributed by atoms with Crippen LogP contribution in [0.1, 0.15) is 16.2 Å². The van der Waals surface area contributed by atoms with E-state index in [2.05, 4.69) is 10.1 Å². The molecule has 25 heavy (non-hydrogen) atoms. The number of hydrogen-bond donors (Lipinski definition) is 0. The fourth-order valence-electron chi connectivity index (χ4n) is 2.85. The molecule has 2 aromatic heterocycles. The Balaban J connectivity index is 1.62. The second-order valence-electron chi connectivity index (χ2n) is 5.70. The molecule has 0 saturated heterocycles. The molecule has 4 rings (SSSR count). The van der Waals surface area contributed by atoms with Gasteiger partial charge in [0.25, 0.3) is 5.91 Å². The van der Waals surface area contributed by atoms with Crippen molar-refractivity contribution < 1.29 is 9.18 Å². The Bertz CT molecular complexity index is 979. The van der Waals surface area contributed by atoms with Gasteiger partial charge in [0.15, 0.2) is 5.82 Å². The quantitative estimate of drug-likeness (QED) is 0.704. The number of rotatable bonds is 2. The number of halogens is 1. The molecule has 1 amide bonds. The maximum absolute atomic E-state index is 13.0. The summed E-state index contributed by atoms with van der Waals surface area (Å²) in [6.07, 6.45) is 3.18. The van der Waals surface area contributed by atoms with E-state index in [0.29, 0.717) is 30.2 Å². The fraction of sp³-hybridized carbons (Fsp3) is 0.176. The molecule has 1 aromatic carbocycles. The zero-order valence-electron chi connectivity index (χ0n) is 13.2. The monoisotopic (exact) mass is 339 g/mol.